The number of aromatic nitrogens is 2. The zero-order chi connectivity index (χ0) is 14.7. The highest BCUT2D eigenvalue weighted by atomic mass is 19.1. The molecule has 1 heterocycles. The fourth-order valence-electron chi connectivity index (χ4n) is 1.99. The van der Waals surface area contributed by atoms with Gasteiger partial charge in [0.05, 0.1) is 0 Å². The summed E-state index contributed by atoms with van der Waals surface area (Å²) in [5.74, 6) is 2.84. The van der Waals surface area contributed by atoms with Crippen molar-refractivity contribution in [1.29, 1.82) is 0 Å². The maximum Gasteiger partial charge on any atom is 0.224 e. The van der Waals surface area contributed by atoms with Crippen LogP contribution in [0.2, 0.25) is 0 Å². The Hall–Kier alpha value is -2.17. The summed E-state index contributed by atoms with van der Waals surface area (Å²) in [4.78, 5) is 8.98. The van der Waals surface area contributed by atoms with E-state index in [2.05, 4.69) is 22.2 Å². The molecule has 1 aliphatic carbocycles. The summed E-state index contributed by atoms with van der Waals surface area (Å²) in [5, 5.41) is 3.26. The van der Waals surface area contributed by atoms with E-state index in [1.165, 1.54) is 12.1 Å². The molecule has 0 radical (unpaired) electrons. The third-order valence-corrected chi connectivity index (χ3v) is 3.25. The monoisotopic (exact) mass is 287 g/mol. The highest BCUT2D eigenvalue weighted by molar-refractivity contribution is 5.41. The second kappa shape index (κ2) is 6.08. The quantitative estimate of drug-likeness (QED) is 0.868. The lowest BCUT2D eigenvalue weighted by Crippen LogP contribution is -2.05. The predicted molar refractivity (Wildman–Crippen MR) is 79.3 cm³/mol. The van der Waals surface area contributed by atoms with Crippen LogP contribution in [0.5, 0.6) is 11.6 Å². The molecule has 0 aliphatic heterocycles. The van der Waals surface area contributed by atoms with Gasteiger partial charge in [0.25, 0.3) is 0 Å². The van der Waals surface area contributed by atoms with Crippen molar-refractivity contribution in [3.05, 3.63) is 42.0 Å². The minimum absolute atomic E-state index is 0.283. The van der Waals surface area contributed by atoms with Gasteiger partial charge in [-0.3, -0.25) is 0 Å². The Bertz CT molecular complexity index is 611. The summed E-state index contributed by atoms with van der Waals surface area (Å²) in [6.07, 6.45) is 3.29. The average molecular weight is 287 g/mol. The third-order valence-electron chi connectivity index (χ3n) is 3.25. The van der Waals surface area contributed by atoms with E-state index in [0.717, 1.165) is 37.4 Å². The van der Waals surface area contributed by atoms with Gasteiger partial charge < -0.3 is 10.1 Å². The predicted octanol–water partition coefficient (Wildman–Crippen LogP) is 4.11. The van der Waals surface area contributed by atoms with E-state index in [-0.39, 0.29) is 5.82 Å². The number of halogens is 1. The molecule has 2 aromatic rings. The van der Waals surface area contributed by atoms with Crippen LogP contribution in [0.1, 0.15) is 37.9 Å². The van der Waals surface area contributed by atoms with Crippen LogP contribution in [0.3, 0.4) is 0 Å². The van der Waals surface area contributed by atoms with E-state index in [1.807, 2.05) is 0 Å². The topological polar surface area (TPSA) is 47.0 Å². The zero-order valence-electron chi connectivity index (χ0n) is 12.0. The zero-order valence-corrected chi connectivity index (χ0v) is 12.0. The number of benzene rings is 1. The van der Waals surface area contributed by atoms with E-state index in [1.54, 1.807) is 18.2 Å². The normalized spacial score (nSPS) is 14.0. The van der Waals surface area contributed by atoms with Crippen LogP contribution in [0.4, 0.5) is 10.2 Å². The Morgan fingerprint density at radius 2 is 2.00 bits per heavy atom. The van der Waals surface area contributed by atoms with Crippen LogP contribution in [0, 0.1) is 5.82 Å². The molecule has 5 heteroatoms. The van der Waals surface area contributed by atoms with Gasteiger partial charge in [0, 0.05) is 18.5 Å². The number of nitrogens with one attached hydrogen (secondary N) is 1. The van der Waals surface area contributed by atoms with Crippen molar-refractivity contribution < 1.29 is 9.13 Å². The SMILES string of the molecule is CCCNc1cc(Oc2ccc(F)cc2)nc(C2CC2)n1. The second-order valence-corrected chi connectivity index (χ2v) is 5.21. The van der Waals surface area contributed by atoms with Crippen molar-refractivity contribution in [3.63, 3.8) is 0 Å². The third kappa shape index (κ3) is 3.68. The lowest BCUT2D eigenvalue weighted by atomic mass is 10.3. The van der Waals surface area contributed by atoms with Crippen LogP contribution in [-0.4, -0.2) is 16.5 Å². The molecule has 0 saturated heterocycles. The van der Waals surface area contributed by atoms with Crippen molar-refractivity contribution in [2.24, 2.45) is 0 Å². The van der Waals surface area contributed by atoms with Gasteiger partial charge in [0.2, 0.25) is 5.88 Å². The van der Waals surface area contributed by atoms with Gasteiger partial charge in [-0.05, 0) is 43.5 Å². The highest BCUT2D eigenvalue weighted by Crippen LogP contribution is 2.39. The van der Waals surface area contributed by atoms with Gasteiger partial charge in [-0.15, -0.1) is 0 Å². The summed E-state index contributed by atoms with van der Waals surface area (Å²) in [5.41, 5.74) is 0. The van der Waals surface area contributed by atoms with Gasteiger partial charge in [-0.1, -0.05) is 6.92 Å². The second-order valence-electron chi connectivity index (χ2n) is 5.21. The van der Waals surface area contributed by atoms with Crippen LogP contribution in [0.15, 0.2) is 30.3 Å². The minimum Gasteiger partial charge on any atom is -0.439 e. The molecular weight excluding hydrogens is 269 g/mol. The molecule has 1 N–H and O–H groups in total. The molecule has 1 saturated carbocycles. The van der Waals surface area contributed by atoms with E-state index >= 15 is 0 Å². The van der Waals surface area contributed by atoms with Crippen LogP contribution < -0.4 is 10.1 Å². The smallest absolute Gasteiger partial charge is 0.224 e. The number of rotatable bonds is 6. The van der Waals surface area contributed by atoms with Crippen molar-refractivity contribution in [2.45, 2.75) is 32.1 Å². The van der Waals surface area contributed by atoms with Gasteiger partial charge in [0.1, 0.15) is 23.2 Å². The molecule has 1 aliphatic rings. The Morgan fingerprint density at radius 3 is 2.67 bits per heavy atom. The Kier molecular flexibility index (Phi) is 3.99. The summed E-state index contributed by atoms with van der Waals surface area (Å²) < 4.78 is 18.6. The lowest BCUT2D eigenvalue weighted by molar-refractivity contribution is 0.457. The van der Waals surface area contributed by atoms with Gasteiger partial charge in [0.15, 0.2) is 0 Å². The number of hydrogen-bond donors (Lipinski definition) is 1. The Morgan fingerprint density at radius 1 is 1.24 bits per heavy atom. The molecule has 1 fully saturated rings. The van der Waals surface area contributed by atoms with Crippen molar-refractivity contribution in [2.75, 3.05) is 11.9 Å². The summed E-state index contributed by atoms with van der Waals surface area (Å²) in [7, 11) is 0. The Labute approximate surface area is 123 Å². The largest absolute Gasteiger partial charge is 0.439 e. The molecule has 0 bridgehead atoms. The highest BCUT2D eigenvalue weighted by Gasteiger charge is 2.27. The fraction of sp³-hybridized carbons (Fsp3) is 0.375. The maximum atomic E-state index is 12.9. The first kappa shape index (κ1) is 13.8. The molecule has 3 rings (SSSR count). The molecule has 110 valence electrons. The van der Waals surface area contributed by atoms with Crippen LogP contribution in [-0.2, 0) is 0 Å². The molecule has 0 unspecified atom stereocenters. The summed E-state index contributed by atoms with van der Waals surface area (Å²) in [6.45, 7) is 2.96. The van der Waals surface area contributed by atoms with Crippen LogP contribution in [0.25, 0.3) is 0 Å². The van der Waals surface area contributed by atoms with E-state index in [4.69, 9.17) is 4.74 Å². The first-order valence-electron chi connectivity index (χ1n) is 7.31. The molecule has 0 atom stereocenters. The van der Waals surface area contributed by atoms with Gasteiger partial charge in [-0.25, -0.2) is 9.37 Å². The van der Waals surface area contributed by atoms with E-state index < -0.39 is 0 Å². The molecule has 1 aromatic carbocycles. The van der Waals surface area contributed by atoms with Crippen molar-refractivity contribution in [1.82, 2.24) is 9.97 Å². The van der Waals surface area contributed by atoms with Gasteiger partial charge >= 0.3 is 0 Å². The summed E-state index contributed by atoms with van der Waals surface area (Å²) >= 11 is 0. The number of hydrogen-bond acceptors (Lipinski definition) is 4. The Balaban J connectivity index is 1.82. The average Bonchev–Trinajstić information content (AvgIpc) is 3.32. The first-order valence-corrected chi connectivity index (χ1v) is 7.31. The number of ether oxygens (including phenoxy) is 1. The van der Waals surface area contributed by atoms with Crippen LogP contribution >= 0.6 is 0 Å². The van der Waals surface area contributed by atoms with E-state index in [9.17, 15) is 4.39 Å². The number of anilines is 1. The standard InChI is InChI=1S/C16H18FN3O/c1-2-9-18-14-10-15(20-16(19-14)11-3-4-11)21-13-7-5-12(17)6-8-13/h5-8,10-11H,2-4,9H2,1H3,(H,18,19,20). The summed E-state index contributed by atoms with van der Waals surface area (Å²) in [6, 6.07) is 7.70. The minimum atomic E-state index is -0.283. The van der Waals surface area contributed by atoms with E-state index in [0.29, 0.717) is 17.5 Å². The number of nitrogens with zero attached hydrogens (tertiary/aromatic N) is 2. The molecule has 0 amide bonds. The fourth-order valence-corrected chi connectivity index (χ4v) is 1.99. The molecular formula is C16H18FN3O. The van der Waals surface area contributed by atoms with Crippen molar-refractivity contribution in [3.8, 4) is 11.6 Å². The van der Waals surface area contributed by atoms with Gasteiger partial charge in [-0.2, -0.15) is 4.98 Å². The molecule has 0 spiro atoms. The lowest BCUT2D eigenvalue weighted by Gasteiger charge is -2.10. The van der Waals surface area contributed by atoms with Crippen molar-refractivity contribution >= 4 is 5.82 Å². The molecule has 21 heavy (non-hydrogen) atoms. The molecule has 4 nitrogen and oxygen atoms in total. The first-order chi connectivity index (χ1) is 10.2. The maximum absolute atomic E-state index is 12.9. The molecule has 1 aromatic heterocycles.